The van der Waals surface area contributed by atoms with Crippen LogP contribution >= 0.6 is 0 Å². The van der Waals surface area contributed by atoms with Gasteiger partial charge in [0, 0.05) is 74.1 Å². The number of carbonyl (C=O) groups is 2. The van der Waals surface area contributed by atoms with Crippen molar-refractivity contribution in [3.63, 3.8) is 0 Å². The number of rotatable bonds is 20. The van der Waals surface area contributed by atoms with Gasteiger partial charge in [0.25, 0.3) is 0 Å². The lowest BCUT2D eigenvalue weighted by molar-refractivity contribution is -0.146. The van der Waals surface area contributed by atoms with Crippen molar-refractivity contribution in [2.45, 2.75) is 152 Å². The number of fused-ring (bicyclic) bond motifs is 7. The van der Waals surface area contributed by atoms with Gasteiger partial charge in [-0.2, -0.15) is 0 Å². The van der Waals surface area contributed by atoms with Crippen LogP contribution in [0.15, 0.2) is 29.6 Å². The molecule has 64 heavy (non-hydrogen) atoms. The molecule has 2 aliphatic heterocycles. The molecule has 1 saturated heterocycles. The summed E-state index contributed by atoms with van der Waals surface area (Å²) in [5.74, 6) is 0.404. The second-order valence-corrected chi connectivity index (χ2v) is 19.9. The summed E-state index contributed by atoms with van der Waals surface area (Å²) in [5, 5.41) is 17.8. The molecule has 0 aromatic carbocycles. The minimum atomic E-state index is -1.11. The zero-order chi connectivity index (χ0) is 46.4. The number of nitrogens with one attached hydrogen (secondary N) is 4. The van der Waals surface area contributed by atoms with E-state index in [2.05, 4.69) is 113 Å². The summed E-state index contributed by atoms with van der Waals surface area (Å²) in [6, 6.07) is 0. The fourth-order valence-corrected chi connectivity index (χ4v) is 10.6. The zero-order valence-electron chi connectivity index (χ0n) is 40.9. The topological polar surface area (TPSA) is 132 Å². The molecule has 6 atom stereocenters. The van der Waals surface area contributed by atoms with Gasteiger partial charge in [0.05, 0.1) is 18.9 Å². The van der Waals surface area contributed by atoms with Gasteiger partial charge in [-0.05, 0) is 118 Å². The number of H-pyrrole nitrogens is 3. The van der Waals surface area contributed by atoms with E-state index in [1.807, 2.05) is 13.0 Å². The molecule has 5 N–H and O–H groups in total. The van der Waals surface area contributed by atoms with E-state index in [1.165, 1.54) is 68.8 Å². The van der Waals surface area contributed by atoms with Crippen LogP contribution in [0.3, 0.4) is 0 Å². The number of hydrogen-bond donors (Lipinski definition) is 5. The van der Waals surface area contributed by atoms with E-state index in [0.29, 0.717) is 17.6 Å². The molecular formula is C55H78N4O5. The maximum Gasteiger partial charge on any atom is 0.316 e. The van der Waals surface area contributed by atoms with Gasteiger partial charge in [0.1, 0.15) is 12.5 Å². The Bertz CT molecular complexity index is 2400. The molecule has 3 aliphatic rings. The molecule has 0 amide bonds. The highest BCUT2D eigenvalue weighted by molar-refractivity contribution is 5.95. The maximum atomic E-state index is 13.7. The molecule has 0 radical (unpaired) electrons. The highest BCUT2D eigenvalue weighted by atomic mass is 16.5. The summed E-state index contributed by atoms with van der Waals surface area (Å²) in [4.78, 5) is 38.2. The number of methoxy groups -OCH3 is 1. The van der Waals surface area contributed by atoms with E-state index >= 15 is 0 Å². The SMILES string of the molecule is C=Cc1c2[nH]c(c1C)/C=C1\N/C(=C3\c4[nH]c(c(C)c4C(O)[C@@H]3C(=O)OC)/C=c3\[nH]/c(c(C)c3CC)=C\2)[C@@H](CCC(=O)OC/C=C(\C)CCC[C@H](C)CCC[C@H](C)CCCC(C)C)[C@@H]1C. The molecule has 348 valence electrons. The summed E-state index contributed by atoms with van der Waals surface area (Å²) >= 11 is 0. The van der Waals surface area contributed by atoms with Crippen molar-refractivity contribution in [3.05, 3.63) is 96.5 Å². The summed E-state index contributed by atoms with van der Waals surface area (Å²) in [5.41, 5.74) is 13.2. The van der Waals surface area contributed by atoms with Gasteiger partial charge in [0.2, 0.25) is 0 Å². The molecule has 8 bridgehead atoms. The van der Waals surface area contributed by atoms with Gasteiger partial charge >= 0.3 is 11.9 Å². The standard InChI is InChI=1S/C55H78N4O5/c1-13-39-35(8)42-28-44-37(10)41(24-25-48(60)64-27-26-34(7)23-17-22-33(6)21-16-20-32(5)19-15-18-31(3)4)52(58-44)50-51(55(62)63-12)54(61)49-38(11)45(59-53(49)50)30-47-40(14-2)36(9)43(57-47)29-46(39)56-42/h13,26,28-33,37,41,51,54,56-59,61H,1,14-25,27H2,2-12H3/b34-26+,43-29-,44-28-,47-30-,52-50-/t32-,33-,37+,41+,51-,54?/m1/s1. The lowest BCUT2D eigenvalue weighted by atomic mass is 9.84. The third kappa shape index (κ3) is 10.7. The minimum Gasteiger partial charge on any atom is -0.468 e. The number of aliphatic hydroxyl groups is 1. The van der Waals surface area contributed by atoms with E-state index < -0.39 is 18.0 Å². The van der Waals surface area contributed by atoms with Crippen LogP contribution in [0.4, 0.5) is 0 Å². The van der Waals surface area contributed by atoms with Gasteiger partial charge < -0.3 is 34.8 Å². The highest BCUT2D eigenvalue weighted by Crippen LogP contribution is 2.52. The van der Waals surface area contributed by atoms with Crippen LogP contribution in [0.1, 0.15) is 181 Å². The van der Waals surface area contributed by atoms with Crippen molar-refractivity contribution >= 4 is 41.8 Å². The molecule has 9 heteroatoms. The lowest BCUT2D eigenvalue weighted by Gasteiger charge is -2.21. The molecule has 3 aromatic rings. The first kappa shape index (κ1) is 48.7. The van der Waals surface area contributed by atoms with Crippen LogP contribution < -0.4 is 16.0 Å². The first-order valence-corrected chi connectivity index (χ1v) is 24.4. The van der Waals surface area contributed by atoms with Gasteiger partial charge in [-0.15, -0.1) is 0 Å². The first-order chi connectivity index (χ1) is 30.6. The number of allylic oxidation sites excluding steroid dienone is 3. The van der Waals surface area contributed by atoms with Gasteiger partial charge in [-0.25, -0.2) is 0 Å². The first-order valence-electron chi connectivity index (χ1n) is 24.4. The Labute approximate surface area is 383 Å². The Morgan fingerprint density at radius 3 is 2.16 bits per heavy atom. The van der Waals surface area contributed by atoms with Gasteiger partial charge in [-0.3, -0.25) is 9.59 Å². The Hall–Kier alpha value is -4.76. The van der Waals surface area contributed by atoms with E-state index in [0.717, 1.165) is 98.6 Å². The molecule has 3 aromatic heterocycles. The molecule has 0 saturated carbocycles. The van der Waals surface area contributed by atoms with Crippen LogP contribution in [0.2, 0.25) is 0 Å². The summed E-state index contributed by atoms with van der Waals surface area (Å²) in [6.07, 6.45) is 22.2. The van der Waals surface area contributed by atoms with Crippen molar-refractivity contribution in [2.24, 2.45) is 35.5 Å². The van der Waals surface area contributed by atoms with Crippen molar-refractivity contribution in [3.8, 4) is 0 Å². The Morgan fingerprint density at radius 1 is 0.844 bits per heavy atom. The maximum absolute atomic E-state index is 13.7. The zero-order valence-corrected chi connectivity index (χ0v) is 40.9. The summed E-state index contributed by atoms with van der Waals surface area (Å²) in [7, 11) is 1.37. The number of ether oxygens (including phenoxy) is 2. The Morgan fingerprint density at radius 2 is 1.50 bits per heavy atom. The third-order valence-corrected chi connectivity index (χ3v) is 14.7. The van der Waals surface area contributed by atoms with Gasteiger partial charge in [0.15, 0.2) is 0 Å². The molecular weight excluding hydrogens is 797 g/mol. The fraction of sp³-hybridized carbons (Fsp3) is 0.564. The summed E-state index contributed by atoms with van der Waals surface area (Å²) in [6.45, 7) is 26.6. The average Bonchev–Trinajstić information content (AvgIpc) is 3.99. The third-order valence-electron chi connectivity index (χ3n) is 14.7. The molecule has 1 unspecified atom stereocenters. The highest BCUT2D eigenvalue weighted by Gasteiger charge is 2.48. The molecule has 0 spiro atoms. The van der Waals surface area contributed by atoms with Crippen molar-refractivity contribution < 1.29 is 24.2 Å². The number of carbonyl (C=O) groups excluding carboxylic acids is 2. The molecule has 1 aliphatic carbocycles. The van der Waals surface area contributed by atoms with E-state index in [1.54, 1.807) is 0 Å². The largest absolute Gasteiger partial charge is 0.468 e. The van der Waals surface area contributed by atoms with E-state index in [4.69, 9.17) is 9.47 Å². The number of esters is 2. The van der Waals surface area contributed by atoms with Crippen LogP contribution in [0, 0.1) is 56.3 Å². The molecule has 1 fully saturated rings. The second kappa shape index (κ2) is 21.5. The van der Waals surface area contributed by atoms with E-state index in [9.17, 15) is 14.7 Å². The average molecular weight is 875 g/mol. The Kier molecular flexibility index (Phi) is 16.3. The monoisotopic (exact) mass is 875 g/mol. The van der Waals surface area contributed by atoms with Crippen LogP contribution in [-0.4, -0.2) is 45.7 Å². The van der Waals surface area contributed by atoms with Crippen molar-refractivity contribution in [1.82, 2.24) is 20.3 Å². The number of aromatic amines is 3. The number of hydrogen-bond acceptors (Lipinski definition) is 6. The summed E-state index contributed by atoms with van der Waals surface area (Å²) < 4.78 is 11.2. The number of aromatic nitrogens is 3. The Balaban J connectivity index is 1.21. The number of aliphatic hydroxyl groups excluding tert-OH is 1. The van der Waals surface area contributed by atoms with Crippen LogP contribution in [0.25, 0.3) is 29.9 Å². The smallest absolute Gasteiger partial charge is 0.316 e. The van der Waals surface area contributed by atoms with Gasteiger partial charge in [-0.1, -0.05) is 105 Å². The second-order valence-electron chi connectivity index (χ2n) is 19.9. The fourth-order valence-electron chi connectivity index (χ4n) is 10.6. The van der Waals surface area contributed by atoms with Crippen molar-refractivity contribution in [2.75, 3.05) is 13.7 Å². The predicted octanol–water partition coefficient (Wildman–Crippen LogP) is 10.9. The molecule has 9 nitrogen and oxygen atoms in total. The van der Waals surface area contributed by atoms with Crippen LogP contribution in [0.5, 0.6) is 0 Å². The van der Waals surface area contributed by atoms with Crippen LogP contribution in [-0.2, 0) is 25.5 Å². The normalized spacial score (nSPS) is 23.1. The quantitative estimate of drug-likeness (QED) is 0.0567. The minimum absolute atomic E-state index is 0.0579. The van der Waals surface area contributed by atoms with Crippen molar-refractivity contribution in [1.29, 1.82) is 0 Å². The van der Waals surface area contributed by atoms with E-state index in [-0.39, 0.29) is 30.8 Å². The molecule has 5 heterocycles. The predicted molar refractivity (Wildman–Crippen MR) is 262 cm³/mol. The lowest BCUT2D eigenvalue weighted by Crippen LogP contribution is -2.24. The molecule has 6 rings (SSSR count).